The number of nitrogens with zero attached hydrogens (tertiary/aromatic N) is 3. The van der Waals surface area contributed by atoms with Crippen LogP contribution in [0.5, 0.6) is 0 Å². The zero-order valence-corrected chi connectivity index (χ0v) is 11.3. The van der Waals surface area contributed by atoms with Crippen LogP contribution in [0.4, 0.5) is 13.2 Å². The van der Waals surface area contributed by atoms with Crippen LogP contribution in [-0.4, -0.2) is 21.1 Å². The summed E-state index contributed by atoms with van der Waals surface area (Å²) in [6.45, 7) is 2.84. The van der Waals surface area contributed by atoms with E-state index < -0.39 is 11.7 Å². The molecule has 3 heterocycles. The van der Waals surface area contributed by atoms with Crippen LogP contribution in [0, 0.1) is 5.92 Å². The number of fused-ring (bicyclic) bond motifs is 1. The van der Waals surface area contributed by atoms with Crippen molar-refractivity contribution in [3.8, 4) is 0 Å². The van der Waals surface area contributed by atoms with Gasteiger partial charge in [-0.1, -0.05) is 18.5 Å². The van der Waals surface area contributed by atoms with Gasteiger partial charge in [-0.3, -0.25) is 4.40 Å². The third kappa shape index (κ3) is 2.14. The van der Waals surface area contributed by atoms with Gasteiger partial charge < -0.3 is 5.32 Å². The molecule has 0 bridgehead atoms. The molecule has 0 amide bonds. The van der Waals surface area contributed by atoms with Gasteiger partial charge in [-0.15, -0.1) is 10.2 Å². The lowest BCUT2D eigenvalue weighted by Gasteiger charge is -2.14. The van der Waals surface area contributed by atoms with Gasteiger partial charge in [0.2, 0.25) is 0 Å². The van der Waals surface area contributed by atoms with Crippen molar-refractivity contribution in [2.75, 3.05) is 6.54 Å². The Morgan fingerprint density at radius 2 is 2.15 bits per heavy atom. The van der Waals surface area contributed by atoms with Crippen molar-refractivity contribution in [1.82, 2.24) is 19.9 Å². The number of aromatic nitrogens is 3. The van der Waals surface area contributed by atoms with Crippen molar-refractivity contribution in [2.45, 2.75) is 25.6 Å². The fourth-order valence-corrected chi connectivity index (χ4v) is 2.76. The Hall–Kier alpha value is -1.34. The predicted molar refractivity (Wildman–Crippen MR) is 67.5 cm³/mol. The van der Waals surface area contributed by atoms with Gasteiger partial charge in [0, 0.05) is 6.20 Å². The summed E-state index contributed by atoms with van der Waals surface area (Å²) in [4.78, 5) is 0. The van der Waals surface area contributed by atoms with Crippen molar-refractivity contribution in [3.63, 3.8) is 0 Å². The van der Waals surface area contributed by atoms with E-state index in [-0.39, 0.29) is 22.6 Å². The molecule has 108 valence electrons. The van der Waals surface area contributed by atoms with Gasteiger partial charge in [-0.25, -0.2) is 0 Å². The van der Waals surface area contributed by atoms with Crippen LogP contribution in [-0.2, 0) is 6.18 Å². The van der Waals surface area contributed by atoms with Gasteiger partial charge >= 0.3 is 6.18 Å². The van der Waals surface area contributed by atoms with Crippen LogP contribution in [0.3, 0.4) is 0 Å². The van der Waals surface area contributed by atoms with Gasteiger partial charge in [-0.2, -0.15) is 13.2 Å². The molecule has 4 nitrogen and oxygen atoms in total. The van der Waals surface area contributed by atoms with E-state index in [0.29, 0.717) is 5.82 Å². The smallest absolute Gasteiger partial charge is 0.307 e. The third-order valence-electron chi connectivity index (χ3n) is 3.62. The third-order valence-corrected chi connectivity index (χ3v) is 3.90. The summed E-state index contributed by atoms with van der Waals surface area (Å²) >= 11 is 5.88. The molecule has 2 aromatic heterocycles. The van der Waals surface area contributed by atoms with Crippen LogP contribution in [0.2, 0.25) is 5.02 Å². The van der Waals surface area contributed by atoms with Crippen LogP contribution in [0.1, 0.15) is 30.8 Å². The van der Waals surface area contributed by atoms with E-state index in [4.69, 9.17) is 11.6 Å². The predicted octanol–water partition coefficient (Wildman–Crippen LogP) is 3.07. The van der Waals surface area contributed by atoms with Crippen LogP contribution in [0.15, 0.2) is 12.3 Å². The SMILES string of the molecule is CC1CCNC1c1nnc2c(Cl)cc(C(F)(F)F)cn12. The minimum atomic E-state index is -4.45. The number of hydrogen-bond donors (Lipinski definition) is 1. The Kier molecular flexibility index (Phi) is 3.13. The number of hydrogen-bond acceptors (Lipinski definition) is 3. The molecule has 20 heavy (non-hydrogen) atoms. The molecule has 0 aliphatic carbocycles. The molecule has 2 unspecified atom stereocenters. The maximum Gasteiger partial charge on any atom is 0.417 e. The van der Waals surface area contributed by atoms with Gasteiger partial charge in [-0.05, 0) is 24.9 Å². The molecule has 0 radical (unpaired) electrons. The number of pyridine rings is 1. The largest absolute Gasteiger partial charge is 0.417 e. The zero-order chi connectivity index (χ0) is 14.5. The summed E-state index contributed by atoms with van der Waals surface area (Å²) < 4.78 is 39.9. The first-order chi connectivity index (χ1) is 9.38. The minimum Gasteiger partial charge on any atom is -0.307 e. The molecule has 0 spiro atoms. The van der Waals surface area contributed by atoms with Gasteiger partial charge in [0.1, 0.15) is 0 Å². The van der Waals surface area contributed by atoms with Crippen molar-refractivity contribution in [1.29, 1.82) is 0 Å². The normalized spacial score (nSPS) is 23.6. The molecule has 1 saturated heterocycles. The lowest BCUT2D eigenvalue weighted by atomic mass is 10.0. The standard InChI is InChI=1S/C12H12ClF3N4/c1-6-2-3-17-9(6)11-19-18-10-8(13)4-7(5-20(10)11)12(14,15)16/h4-6,9,17H,2-3H2,1H3. The topological polar surface area (TPSA) is 42.2 Å². The number of rotatable bonds is 1. The fraction of sp³-hybridized carbons (Fsp3) is 0.500. The van der Waals surface area contributed by atoms with Crippen LogP contribution in [0.25, 0.3) is 5.65 Å². The number of halogens is 4. The van der Waals surface area contributed by atoms with Crippen molar-refractivity contribution < 1.29 is 13.2 Å². The first-order valence-corrected chi connectivity index (χ1v) is 6.60. The van der Waals surface area contributed by atoms with E-state index in [1.165, 1.54) is 4.40 Å². The van der Waals surface area contributed by atoms with E-state index in [1.807, 2.05) is 6.92 Å². The average molecular weight is 305 g/mol. The highest BCUT2D eigenvalue weighted by Crippen LogP contribution is 2.34. The van der Waals surface area contributed by atoms with Crippen LogP contribution >= 0.6 is 11.6 Å². The second-order valence-electron chi connectivity index (χ2n) is 5.02. The average Bonchev–Trinajstić information content (AvgIpc) is 2.93. The Balaban J connectivity index is 2.17. The Bertz CT molecular complexity index is 652. The summed E-state index contributed by atoms with van der Waals surface area (Å²) in [5, 5.41) is 11.1. The van der Waals surface area contributed by atoms with E-state index in [2.05, 4.69) is 15.5 Å². The highest BCUT2D eigenvalue weighted by molar-refractivity contribution is 6.33. The molecule has 3 rings (SSSR count). The fourth-order valence-electron chi connectivity index (χ4n) is 2.52. The first-order valence-electron chi connectivity index (χ1n) is 6.22. The highest BCUT2D eigenvalue weighted by Gasteiger charge is 2.34. The van der Waals surface area contributed by atoms with Crippen molar-refractivity contribution >= 4 is 17.2 Å². The van der Waals surface area contributed by atoms with Gasteiger partial charge in [0.25, 0.3) is 0 Å². The Morgan fingerprint density at radius 1 is 1.40 bits per heavy atom. The van der Waals surface area contributed by atoms with Gasteiger partial charge in [0.05, 0.1) is 16.6 Å². The molecule has 1 aliphatic heterocycles. The lowest BCUT2D eigenvalue weighted by molar-refractivity contribution is -0.137. The van der Waals surface area contributed by atoms with E-state index >= 15 is 0 Å². The number of alkyl halides is 3. The monoisotopic (exact) mass is 304 g/mol. The second-order valence-corrected chi connectivity index (χ2v) is 5.43. The van der Waals surface area contributed by atoms with Crippen molar-refractivity contribution in [2.24, 2.45) is 5.92 Å². The van der Waals surface area contributed by atoms with Gasteiger partial charge in [0.15, 0.2) is 11.5 Å². The van der Waals surface area contributed by atoms with E-state index in [0.717, 1.165) is 25.2 Å². The molecule has 1 aliphatic rings. The lowest BCUT2D eigenvalue weighted by Crippen LogP contribution is -2.20. The molecule has 2 atom stereocenters. The molecule has 8 heteroatoms. The summed E-state index contributed by atoms with van der Waals surface area (Å²) in [5.41, 5.74) is -0.558. The van der Waals surface area contributed by atoms with E-state index in [1.54, 1.807) is 0 Å². The summed E-state index contributed by atoms with van der Waals surface area (Å²) in [5.74, 6) is 0.758. The molecule has 0 aromatic carbocycles. The molecular weight excluding hydrogens is 293 g/mol. The maximum absolute atomic E-state index is 12.9. The Labute approximate surface area is 117 Å². The minimum absolute atomic E-state index is 0.0516. The summed E-state index contributed by atoms with van der Waals surface area (Å²) in [6.07, 6.45) is -2.50. The maximum atomic E-state index is 12.9. The quantitative estimate of drug-likeness (QED) is 0.880. The van der Waals surface area contributed by atoms with E-state index in [9.17, 15) is 13.2 Å². The number of nitrogens with one attached hydrogen (secondary N) is 1. The first kappa shape index (κ1) is 13.6. The molecule has 0 saturated carbocycles. The van der Waals surface area contributed by atoms with Crippen LogP contribution < -0.4 is 5.32 Å². The Morgan fingerprint density at radius 3 is 2.75 bits per heavy atom. The molecule has 2 aromatic rings. The zero-order valence-electron chi connectivity index (χ0n) is 10.6. The summed E-state index contributed by atoms with van der Waals surface area (Å²) in [7, 11) is 0. The summed E-state index contributed by atoms with van der Waals surface area (Å²) in [6, 6.07) is 0.769. The molecule has 1 N–H and O–H groups in total. The van der Waals surface area contributed by atoms with Crippen molar-refractivity contribution in [3.05, 3.63) is 28.7 Å². The second kappa shape index (κ2) is 4.60. The molecule has 1 fully saturated rings. The molecular formula is C12H12ClF3N4. The highest BCUT2D eigenvalue weighted by atomic mass is 35.5.